The molecule has 0 unspecified atom stereocenters. The highest BCUT2D eigenvalue weighted by atomic mass is 16.5. The molecule has 3 aromatic carbocycles. The highest BCUT2D eigenvalue weighted by Gasteiger charge is 2.06. The van der Waals surface area contributed by atoms with E-state index in [-0.39, 0.29) is 0 Å². The Morgan fingerprint density at radius 3 is 2.10 bits per heavy atom. The van der Waals surface area contributed by atoms with Crippen LogP contribution in [-0.4, -0.2) is 0 Å². The monoisotopic (exact) mass is 274 g/mol. The lowest BCUT2D eigenvalue weighted by molar-refractivity contribution is 0.305. The zero-order chi connectivity index (χ0) is 14.5. The van der Waals surface area contributed by atoms with E-state index in [1.165, 1.54) is 22.3 Å². The number of ether oxygens (including phenoxy) is 1. The van der Waals surface area contributed by atoms with E-state index in [4.69, 9.17) is 4.74 Å². The molecule has 0 fully saturated rings. The van der Waals surface area contributed by atoms with Crippen LogP contribution in [-0.2, 0) is 6.61 Å². The summed E-state index contributed by atoms with van der Waals surface area (Å²) in [6.07, 6.45) is 0. The Kier molecular flexibility index (Phi) is 4.02. The molecule has 21 heavy (non-hydrogen) atoms. The molecule has 0 amide bonds. The van der Waals surface area contributed by atoms with Crippen molar-refractivity contribution >= 4 is 0 Å². The third kappa shape index (κ3) is 3.14. The maximum absolute atomic E-state index is 5.86. The van der Waals surface area contributed by atoms with Crippen molar-refractivity contribution in [3.63, 3.8) is 0 Å². The van der Waals surface area contributed by atoms with Crippen molar-refractivity contribution in [1.29, 1.82) is 0 Å². The van der Waals surface area contributed by atoms with Crippen LogP contribution in [0.2, 0.25) is 0 Å². The predicted molar refractivity (Wildman–Crippen MR) is 87.4 cm³/mol. The second-order valence-electron chi connectivity index (χ2n) is 5.06. The van der Waals surface area contributed by atoms with Gasteiger partial charge in [-0.15, -0.1) is 0 Å². The van der Waals surface area contributed by atoms with Gasteiger partial charge in [0, 0.05) is 0 Å². The lowest BCUT2D eigenvalue weighted by atomic mass is 9.97. The molecule has 0 aliphatic rings. The molecule has 0 aliphatic heterocycles. The van der Waals surface area contributed by atoms with Gasteiger partial charge >= 0.3 is 0 Å². The number of para-hydroxylation sites is 1. The summed E-state index contributed by atoms with van der Waals surface area (Å²) in [5.74, 6) is 0.905. The van der Waals surface area contributed by atoms with Crippen LogP contribution in [0.15, 0.2) is 78.9 Å². The van der Waals surface area contributed by atoms with Crippen LogP contribution in [0.4, 0.5) is 0 Å². The van der Waals surface area contributed by atoms with Crippen LogP contribution < -0.4 is 4.74 Å². The fourth-order valence-electron chi connectivity index (χ4n) is 2.45. The van der Waals surface area contributed by atoms with E-state index < -0.39 is 0 Å². The molecule has 0 bridgehead atoms. The normalized spacial score (nSPS) is 10.3. The van der Waals surface area contributed by atoms with Gasteiger partial charge in [-0.05, 0) is 41.3 Å². The Balaban J connectivity index is 1.84. The lowest BCUT2D eigenvalue weighted by Gasteiger charge is -2.12. The molecule has 0 spiro atoms. The summed E-state index contributed by atoms with van der Waals surface area (Å²) in [6.45, 7) is 2.75. The van der Waals surface area contributed by atoms with Crippen LogP contribution in [0.1, 0.15) is 11.1 Å². The van der Waals surface area contributed by atoms with Crippen LogP contribution in [0.3, 0.4) is 0 Å². The van der Waals surface area contributed by atoms with E-state index in [1.54, 1.807) is 0 Å². The first-order valence-corrected chi connectivity index (χ1v) is 7.16. The first-order valence-electron chi connectivity index (χ1n) is 7.16. The fourth-order valence-corrected chi connectivity index (χ4v) is 2.45. The Labute approximate surface area is 125 Å². The van der Waals surface area contributed by atoms with Gasteiger partial charge in [0.1, 0.15) is 12.4 Å². The Morgan fingerprint density at radius 2 is 1.38 bits per heavy atom. The summed E-state index contributed by atoms with van der Waals surface area (Å²) in [7, 11) is 0. The van der Waals surface area contributed by atoms with Gasteiger partial charge in [-0.25, -0.2) is 0 Å². The van der Waals surface area contributed by atoms with Crippen molar-refractivity contribution < 1.29 is 4.74 Å². The van der Waals surface area contributed by atoms with E-state index in [1.807, 2.05) is 36.4 Å². The molecule has 0 radical (unpaired) electrons. The van der Waals surface area contributed by atoms with Crippen molar-refractivity contribution in [2.24, 2.45) is 0 Å². The summed E-state index contributed by atoms with van der Waals surface area (Å²) < 4.78 is 5.86. The van der Waals surface area contributed by atoms with Crippen molar-refractivity contribution in [1.82, 2.24) is 0 Å². The van der Waals surface area contributed by atoms with Crippen LogP contribution in [0.5, 0.6) is 5.75 Å². The Bertz CT molecular complexity index is 702. The second kappa shape index (κ2) is 6.27. The molecule has 104 valence electrons. The van der Waals surface area contributed by atoms with Gasteiger partial charge in [0.05, 0.1) is 0 Å². The number of hydrogen-bond acceptors (Lipinski definition) is 1. The molecular formula is C20H18O. The van der Waals surface area contributed by atoms with Crippen LogP contribution in [0, 0.1) is 6.92 Å². The Morgan fingerprint density at radius 1 is 0.714 bits per heavy atom. The van der Waals surface area contributed by atoms with Gasteiger partial charge in [0.25, 0.3) is 0 Å². The average Bonchev–Trinajstić information content (AvgIpc) is 2.56. The molecule has 3 rings (SSSR count). The number of hydrogen-bond donors (Lipinski definition) is 0. The zero-order valence-electron chi connectivity index (χ0n) is 12.1. The first kappa shape index (κ1) is 13.4. The number of benzene rings is 3. The van der Waals surface area contributed by atoms with Gasteiger partial charge in [-0.1, -0.05) is 66.7 Å². The van der Waals surface area contributed by atoms with Crippen molar-refractivity contribution in [3.05, 3.63) is 90.0 Å². The standard InChI is InChI=1S/C20H18O/c1-16-18(15-21-19-12-6-3-7-13-19)11-8-14-20(16)17-9-4-2-5-10-17/h2-14H,15H2,1H3. The fraction of sp³-hybridized carbons (Fsp3) is 0.100. The minimum atomic E-state index is 0.594. The van der Waals surface area contributed by atoms with Crippen molar-refractivity contribution in [2.75, 3.05) is 0 Å². The molecule has 0 saturated carbocycles. The van der Waals surface area contributed by atoms with Gasteiger partial charge in [0.15, 0.2) is 0 Å². The quantitative estimate of drug-likeness (QED) is 0.632. The molecule has 3 aromatic rings. The van der Waals surface area contributed by atoms with Gasteiger partial charge in [-0.2, -0.15) is 0 Å². The largest absolute Gasteiger partial charge is 0.489 e. The summed E-state index contributed by atoms with van der Waals surface area (Å²) >= 11 is 0. The van der Waals surface area contributed by atoms with E-state index in [0.717, 1.165) is 5.75 Å². The maximum Gasteiger partial charge on any atom is 0.119 e. The minimum Gasteiger partial charge on any atom is -0.489 e. The zero-order valence-corrected chi connectivity index (χ0v) is 12.1. The summed E-state index contributed by atoms with van der Waals surface area (Å²) in [5, 5.41) is 0. The van der Waals surface area contributed by atoms with E-state index in [9.17, 15) is 0 Å². The lowest BCUT2D eigenvalue weighted by Crippen LogP contribution is -1.99. The van der Waals surface area contributed by atoms with E-state index in [0.29, 0.717) is 6.61 Å². The first-order chi connectivity index (χ1) is 10.3. The Hall–Kier alpha value is -2.54. The second-order valence-corrected chi connectivity index (χ2v) is 5.06. The molecular weight excluding hydrogens is 256 g/mol. The maximum atomic E-state index is 5.86. The summed E-state index contributed by atoms with van der Waals surface area (Å²) in [6, 6.07) is 26.8. The SMILES string of the molecule is Cc1c(COc2ccccc2)cccc1-c1ccccc1. The summed E-state index contributed by atoms with van der Waals surface area (Å²) in [5.41, 5.74) is 5.01. The molecule has 1 nitrogen and oxygen atoms in total. The molecule has 0 heterocycles. The third-order valence-corrected chi connectivity index (χ3v) is 3.67. The topological polar surface area (TPSA) is 9.23 Å². The average molecular weight is 274 g/mol. The van der Waals surface area contributed by atoms with Crippen molar-refractivity contribution in [2.45, 2.75) is 13.5 Å². The highest BCUT2D eigenvalue weighted by molar-refractivity contribution is 5.68. The van der Waals surface area contributed by atoms with Gasteiger partial charge in [0.2, 0.25) is 0 Å². The molecule has 0 saturated heterocycles. The third-order valence-electron chi connectivity index (χ3n) is 3.67. The summed E-state index contributed by atoms with van der Waals surface area (Å²) in [4.78, 5) is 0. The molecule has 0 aliphatic carbocycles. The van der Waals surface area contributed by atoms with Gasteiger partial charge in [-0.3, -0.25) is 0 Å². The molecule has 1 heteroatoms. The minimum absolute atomic E-state index is 0.594. The van der Waals surface area contributed by atoms with Crippen molar-refractivity contribution in [3.8, 4) is 16.9 Å². The predicted octanol–water partition coefficient (Wildman–Crippen LogP) is 5.24. The highest BCUT2D eigenvalue weighted by Crippen LogP contribution is 2.26. The van der Waals surface area contributed by atoms with E-state index in [2.05, 4.69) is 49.4 Å². The smallest absolute Gasteiger partial charge is 0.119 e. The van der Waals surface area contributed by atoms with E-state index >= 15 is 0 Å². The van der Waals surface area contributed by atoms with Crippen LogP contribution in [0.25, 0.3) is 11.1 Å². The molecule has 0 aromatic heterocycles. The molecule has 0 atom stereocenters. The van der Waals surface area contributed by atoms with Crippen LogP contribution >= 0.6 is 0 Å². The number of rotatable bonds is 4. The molecule has 0 N–H and O–H groups in total. The van der Waals surface area contributed by atoms with Gasteiger partial charge < -0.3 is 4.74 Å².